The number of nitrogens with two attached hydrogens (primary N) is 1. The van der Waals surface area contributed by atoms with Gasteiger partial charge in [0.25, 0.3) is 0 Å². The van der Waals surface area contributed by atoms with Crippen LogP contribution in [0.3, 0.4) is 0 Å². The highest BCUT2D eigenvalue weighted by molar-refractivity contribution is 7.12. The monoisotopic (exact) mass is 462 g/mol. The second-order valence-corrected chi connectivity index (χ2v) is 8.58. The van der Waals surface area contributed by atoms with Crippen molar-refractivity contribution in [3.8, 4) is 23.3 Å². The van der Waals surface area contributed by atoms with Crippen LogP contribution in [-0.2, 0) is 11.3 Å². The van der Waals surface area contributed by atoms with Crippen molar-refractivity contribution in [3.63, 3.8) is 0 Å². The molecule has 1 unspecified atom stereocenters. The molecule has 0 fully saturated rings. The molecule has 168 valence electrons. The summed E-state index contributed by atoms with van der Waals surface area (Å²) in [5.41, 5.74) is 8.47. The number of hydrogen-bond donors (Lipinski definition) is 1. The van der Waals surface area contributed by atoms with E-state index < -0.39 is 11.9 Å². The van der Waals surface area contributed by atoms with E-state index in [1.807, 2.05) is 42.5 Å². The third-order valence-corrected chi connectivity index (χ3v) is 6.51. The highest BCUT2D eigenvalue weighted by Gasteiger charge is 2.37. The number of benzene rings is 2. The van der Waals surface area contributed by atoms with Gasteiger partial charge in [0.15, 0.2) is 17.2 Å². The Bertz CT molecular complexity index is 1270. The summed E-state index contributed by atoms with van der Waals surface area (Å²) in [5.74, 6) is 0.354. The Labute approximate surface area is 195 Å². The zero-order valence-corrected chi connectivity index (χ0v) is 19.2. The molecule has 0 bridgehead atoms. The van der Waals surface area contributed by atoms with E-state index in [-0.39, 0.29) is 11.5 Å². The largest absolute Gasteiger partial charge is 0.493 e. The van der Waals surface area contributed by atoms with Gasteiger partial charge in [-0.3, -0.25) is 0 Å². The number of rotatable bonds is 6. The molecule has 0 saturated carbocycles. The number of nitrogens with zero attached hydrogens (tertiary/aromatic N) is 1. The molecule has 0 spiro atoms. The van der Waals surface area contributed by atoms with E-state index in [2.05, 4.69) is 6.07 Å². The van der Waals surface area contributed by atoms with Crippen molar-refractivity contribution in [2.75, 3.05) is 14.2 Å². The molecule has 3 aromatic rings. The van der Waals surface area contributed by atoms with Gasteiger partial charge in [-0.1, -0.05) is 36.4 Å². The van der Waals surface area contributed by atoms with Crippen LogP contribution in [0.4, 0.5) is 0 Å². The first-order chi connectivity index (χ1) is 16.0. The van der Waals surface area contributed by atoms with Gasteiger partial charge >= 0.3 is 5.97 Å². The second kappa shape index (κ2) is 9.27. The molecule has 7 nitrogen and oxygen atoms in total. The molecule has 33 heavy (non-hydrogen) atoms. The number of fused-ring (bicyclic) bond motifs is 1. The molecule has 0 radical (unpaired) electrons. The molecule has 1 aromatic heterocycles. The number of ether oxygens (including phenoxy) is 4. The fraction of sp³-hybridized carbons (Fsp3) is 0.200. The van der Waals surface area contributed by atoms with E-state index in [4.69, 9.17) is 24.7 Å². The summed E-state index contributed by atoms with van der Waals surface area (Å²) in [5, 5.41) is 9.83. The summed E-state index contributed by atoms with van der Waals surface area (Å²) < 4.78 is 22.2. The Hall–Kier alpha value is -3.96. The topological polar surface area (TPSA) is 104 Å². The number of carbonyl (C=O) groups excluding carboxylic acids is 1. The van der Waals surface area contributed by atoms with Gasteiger partial charge in [-0.25, -0.2) is 4.79 Å². The van der Waals surface area contributed by atoms with E-state index in [1.54, 1.807) is 20.1 Å². The summed E-state index contributed by atoms with van der Waals surface area (Å²) >= 11 is 1.37. The molecular formula is C25H22N2O5S. The zero-order chi connectivity index (χ0) is 23.5. The number of allylic oxidation sites excluding steroid dienone is 1. The van der Waals surface area contributed by atoms with Crippen LogP contribution in [0.25, 0.3) is 0 Å². The lowest BCUT2D eigenvalue weighted by Crippen LogP contribution is -2.21. The Kier molecular flexibility index (Phi) is 6.24. The number of hydrogen-bond acceptors (Lipinski definition) is 8. The van der Waals surface area contributed by atoms with Crippen molar-refractivity contribution in [2.24, 2.45) is 5.73 Å². The van der Waals surface area contributed by atoms with E-state index in [0.717, 1.165) is 16.0 Å². The van der Waals surface area contributed by atoms with Crippen molar-refractivity contribution < 1.29 is 23.7 Å². The minimum absolute atomic E-state index is 0.0404. The van der Waals surface area contributed by atoms with Crippen LogP contribution in [0.2, 0.25) is 0 Å². The van der Waals surface area contributed by atoms with Gasteiger partial charge in [-0.2, -0.15) is 5.26 Å². The normalized spacial score (nSPS) is 14.7. The van der Waals surface area contributed by atoms with Gasteiger partial charge in [0.05, 0.1) is 25.0 Å². The SMILES string of the molecule is COC(=O)c1c(C)sc2c1OC(N)=C(C#N)C2c1ccc(OCc2ccccc2)c(OC)c1. The van der Waals surface area contributed by atoms with Crippen molar-refractivity contribution in [2.45, 2.75) is 19.4 Å². The first-order valence-electron chi connectivity index (χ1n) is 10.1. The Morgan fingerprint density at radius 2 is 1.94 bits per heavy atom. The lowest BCUT2D eigenvalue weighted by Gasteiger charge is -2.24. The maximum Gasteiger partial charge on any atom is 0.342 e. The van der Waals surface area contributed by atoms with Gasteiger partial charge < -0.3 is 24.7 Å². The van der Waals surface area contributed by atoms with Gasteiger partial charge in [0.1, 0.15) is 23.8 Å². The van der Waals surface area contributed by atoms with Crippen molar-refractivity contribution in [3.05, 3.63) is 86.4 Å². The number of carbonyl (C=O) groups is 1. The minimum atomic E-state index is -0.516. The predicted octanol–water partition coefficient (Wildman–Crippen LogP) is 4.65. The predicted molar refractivity (Wildman–Crippen MR) is 123 cm³/mol. The number of esters is 1. The molecular weight excluding hydrogens is 440 g/mol. The minimum Gasteiger partial charge on any atom is -0.493 e. The fourth-order valence-corrected chi connectivity index (χ4v) is 4.99. The molecule has 1 aliphatic rings. The average molecular weight is 463 g/mol. The van der Waals surface area contributed by atoms with Gasteiger partial charge in [0, 0.05) is 4.88 Å². The fourth-order valence-electron chi connectivity index (χ4n) is 3.77. The molecule has 2 aromatic carbocycles. The third-order valence-electron chi connectivity index (χ3n) is 5.36. The quantitative estimate of drug-likeness (QED) is 0.532. The molecule has 2 heterocycles. The third kappa shape index (κ3) is 4.11. The van der Waals surface area contributed by atoms with Crippen LogP contribution in [-0.4, -0.2) is 20.2 Å². The van der Waals surface area contributed by atoms with Crippen molar-refractivity contribution in [1.82, 2.24) is 0 Å². The smallest absolute Gasteiger partial charge is 0.342 e. The Morgan fingerprint density at radius 1 is 1.18 bits per heavy atom. The standard InChI is InChI=1S/C25H22N2O5S/c1-14-20(25(28)30-3)22-23(33-14)21(17(12-26)24(27)32-22)16-9-10-18(19(11-16)29-2)31-13-15-7-5-4-6-8-15/h4-11,21H,13,27H2,1-3H3. The molecule has 8 heteroatoms. The van der Waals surface area contributed by atoms with Gasteiger partial charge in [-0.15, -0.1) is 11.3 Å². The van der Waals surface area contributed by atoms with Crippen LogP contribution in [0, 0.1) is 18.3 Å². The molecule has 0 saturated heterocycles. The summed E-state index contributed by atoms with van der Waals surface area (Å²) in [6, 6.07) is 17.5. The first kappa shape index (κ1) is 22.2. The summed E-state index contributed by atoms with van der Waals surface area (Å²) in [6.07, 6.45) is 0. The van der Waals surface area contributed by atoms with E-state index in [0.29, 0.717) is 34.3 Å². The number of aryl methyl sites for hydroxylation is 1. The van der Waals surface area contributed by atoms with E-state index in [9.17, 15) is 10.1 Å². The highest BCUT2D eigenvalue weighted by Crippen LogP contribution is 2.50. The summed E-state index contributed by atoms with van der Waals surface area (Å²) in [7, 11) is 2.87. The van der Waals surface area contributed by atoms with Crippen LogP contribution in [0.1, 0.15) is 37.2 Å². The van der Waals surface area contributed by atoms with Crippen LogP contribution in [0.15, 0.2) is 60.0 Å². The maximum atomic E-state index is 12.3. The van der Waals surface area contributed by atoms with E-state index in [1.165, 1.54) is 18.4 Å². The van der Waals surface area contributed by atoms with E-state index >= 15 is 0 Å². The van der Waals surface area contributed by atoms with Crippen LogP contribution in [0.5, 0.6) is 17.2 Å². The summed E-state index contributed by atoms with van der Waals surface area (Å²) in [4.78, 5) is 13.8. The Morgan fingerprint density at radius 3 is 2.61 bits per heavy atom. The number of nitriles is 1. The zero-order valence-electron chi connectivity index (χ0n) is 18.4. The molecule has 1 atom stereocenters. The maximum absolute atomic E-state index is 12.3. The molecule has 0 aliphatic carbocycles. The van der Waals surface area contributed by atoms with Crippen LogP contribution >= 0.6 is 11.3 Å². The molecule has 2 N–H and O–H groups in total. The highest BCUT2D eigenvalue weighted by atomic mass is 32.1. The van der Waals surface area contributed by atoms with Crippen LogP contribution < -0.4 is 19.9 Å². The van der Waals surface area contributed by atoms with Crippen molar-refractivity contribution in [1.29, 1.82) is 5.26 Å². The Balaban J connectivity index is 1.75. The lowest BCUT2D eigenvalue weighted by atomic mass is 9.88. The van der Waals surface area contributed by atoms with Gasteiger partial charge in [0.2, 0.25) is 5.88 Å². The molecule has 1 aliphatic heterocycles. The first-order valence-corrected chi connectivity index (χ1v) is 10.9. The van der Waals surface area contributed by atoms with Crippen molar-refractivity contribution >= 4 is 17.3 Å². The second-order valence-electron chi connectivity index (χ2n) is 7.33. The lowest BCUT2D eigenvalue weighted by molar-refractivity contribution is 0.0597. The van der Waals surface area contributed by atoms with Gasteiger partial charge in [-0.05, 0) is 30.2 Å². The summed E-state index contributed by atoms with van der Waals surface area (Å²) in [6.45, 7) is 2.19. The molecule has 0 amide bonds. The number of thiophene rings is 1. The molecule has 4 rings (SSSR count). The number of methoxy groups -OCH3 is 2. The average Bonchev–Trinajstić information content (AvgIpc) is 3.16.